The van der Waals surface area contributed by atoms with E-state index in [9.17, 15) is 4.79 Å². The van der Waals surface area contributed by atoms with E-state index in [1.165, 1.54) is 32.1 Å². The molecule has 0 radical (unpaired) electrons. The zero-order valence-electron chi connectivity index (χ0n) is 20.3. The number of ether oxygens (including phenoxy) is 3. The molecule has 1 aromatic rings. The first-order valence-electron chi connectivity index (χ1n) is 11.9. The summed E-state index contributed by atoms with van der Waals surface area (Å²) in [5.41, 5.74) is 1.12. The average Bonchev–Trinajstić information content (AvgIpc) is 2.69. The zero-order chi connectivity index (χ0) is 22.6. The molecule has 1 fully saturated rings. The van der Waals surface area contributed by atoms with Crippen molar-refractivity contribution in [3.05, 3.63) is 23.8 Å². The highest BCUT2D eigenvalue weighted by molar-refractivity contribution is 5.70. The fourth-order valence-electron chi connectivity index (χ4n) is 4.72. The number of rotatable bonds is 7. The molecule has 1 aromatic carbocycles. The molecule has 174 valence electrons. The highest BCUT2D eigenvalue weighted by Crippen LogP contribution is 2.45. The summed E-state index contributed by atoms with van der Waals surface area (Å²) in [4.78, 5) is 12.8. The van der Waals surface area contributed by atoms with Crippen molar-refractivity contribution in [2.75, 3.05) is 19.0 Å². The van der Waals surface area contributed by atoms with Crippen molar-refractivity contribution >= 4 is 11.7 Å². The molecule has 31 heavy (non-hydrogen) atoms. The van der Waals surface area contributed by atoms with Crippen LogP contribution in [0.1, 0.15) is 91.2 Å². The van der Waals surface area contributed by atoms with Crippen LogP contribution < -0.4 is 10.1 Å². The van der Waals surface area contributed by atoms with E-state index in [1.807, 2.05) is 53.8 Å². The Morgan fingerprint density at radius 1 is 1.19 bits per heavy atom. The van der Waals surface area contributed by atoms with E-state index in [2.05, 4.69) is 11.4 Å². The Morgan fingerprint density at radius 3 is 2.55 bits per heavy atom. The third kappa shape index (κ3) is 6.38. The first-order chi connectivity index (χ1) is 14.6. The minimum Gasteiger partial charge on any atom is -0.483 e. The van der Waals surface area contributed by atoms with Crippen molar-refractivity contribution in [1.29, 1.82) is 0 Å². The van der Waals surface area contributed by atoms with Gasteiger partial charge in [-0.1, -0.05) is 52.9 Å². The Bertz CT molecular complexity index is 746. The third-order valence-electron chi connectivity index (χ3n) is 6.42. The van der Waals surface area contributed by atoms with Crippen molar-refractivity contribution in [3.63, 3.8) is 0 Å². The predicted octanol–water partition coefficient (Wildman–Crippen LogP) is 6.28. The second-order valence-corrected chi connectivity index (χ2v) is 10.9. The molecule has 3 rings (SSSR count). The topological polar surface area (TPSA) is 56.8 Å². The second-order valence-electron chi connectivity index (χ2n) is 10.9. The molecule has 1 N–H and O–H groups in total. The maximum absolute atomic E-state index is 12.8. The van der Waals surface area contributed by atoms with Gasteiger partial charge >= 0.3 is 5.97 Å². The fraction of sp³-hybridized carbons (Fsp3) is 0.731. The summed E-state index contributed by atoms with van der Waals surface area (Å²) in [6, 6.07) is 6.04. The van der Waals surface area contributed by atoms with Gasteiger partial charge in [-0.15, -0.1) is 0 Å². The largest absolute Gasteiger partial charge is 0.483 e. The van der Waals surface area contributed by atoms with Gasteiger partial charge in [-0.25, -0.2) is 0 Å². The highest BCUT2D eigenvalue weighted by Gasteiger charge is 2.47. The monoisotopic (exact) mass is 431 g/mol. The van der Waals surface area contributed by atoms with Gasteiger partial charge in [-0.3, -0.25) is 4.79 Å². The highest BCUT2D eigenvalue weighted by atomic mass is 16.6. The van der Waals surface area contributed by atoms with Crippen LogP contribution in [0.25, 0.3) is 0 Å². The Kier molecular flexibility index (Phi) is 7.56. The summed E-state index contributed by atoms with van der Waals surface area (Å²) in [7, 11) is 1.90. The lowest BCUT2D eigenvalue weighted by Gasteiger charge is -2.44. The molecule has 1 aliphatic carbocycles. The molecule has 0 aromatic heterocycles. The fourth-order valence-corrected chi connectivity index (χ4v) is 4.72. The van der Waals surface area contributed by atoms with E-state index in [1.54, 1.807) is 0 Å². The lowest BCUT2D eigenvalue weighted by atomic mass is 9.86. The standard InChI is InChI=1S/C26H41NO4/c1-25(2,3)17-22(28)30-24-23(29-15-14-18-10-8-7-9-11-18)20-16-19(27-6)12-13-21(20)31-26(24,4)5/h12-13,16,18,23-24,27H,7-11,14-15,17H2,1-6H3. The number of fused-ring (bicyclic) bond motifs is 1. The van der Waals surface area contributed by atoms with Gasteiger partial charge in [0.25, 0.3) is 0 Å². The number of hydrogen-bond donors (Lipinski definition) is 1. The lowest BCUT2D eigenvalue weighted by molar-refractivity contribution is -0.186. The molecule has 2 aliphatic rings. The molecule has 2 atom stereocenters. The maximum Gasteiger partial charge on any atom is 0.306 e. The van der Waals surface area contributed by atoms with Crippen molar-refractivity contribution in [3.8, 4) is 5.75 Å². The van der Waals surface area contributed by atoms with Gasteiger partial charge in [0.15, 0.2) is 6.10 Å². The van der Waals surface area contributed by atoms with Crippen LogP contribution >= 0.6 is 0 Å². The molecule has 0 bridgehead atoms. The van der Waals surface area contributed by atoms with E-state index < -0.39 is 11.7 Å². The van der Waals surface area contributed by atoms with E-state index in [-0.39, 0.29) is 17.5 Å². The van der Waals surface area contributed by atoms with Gasteiger partial charge < -0.3 is 19.5 Å². The Morgan fingerprint density at radius 2 is 1.90 bits per heavy atom. The molecule has 5 nitrogen and oxygen atoms in total. The number of carbonyl (C=O) groups is 1. The SMILES string of the molecule is CNc1ccc2c(c1)C(OCCC1CCCCC1)C(OC(=O)CC(C)(C)C)C(C)(C)O2. The molecule has 0 saturated heterocycles. The molecular formula is C26H41NO4. The molecule has 5 heteroatoms. The van der Waals surface area contributed by atoms with Gasteiger partial charge in [-0.05, 0) is 49.8 Å². The number of hydrogen-bond acceptors (Lipinski definition) is 5. The van der Waals surface area contributed by atoms with Crippen LogP contribution in [0, 0.1) is 11.3 Å². The van der Waals surface area contributed by atoms with Crippen LogP contribution in [-0.4, -0.2) is 31.3 Å². The second kappa shape index (κ2) is 9.81. The van der Waals surface area contributed by atoms with Crippen LogP contribution in [0.15, 0.2) is 18.2 Å². The molecule has 2 unspecified atom stereocenters. The van der Waals surface area contributed by atoms with Crippen LogP contribution in [0.5, 0.6) is 5.75 Å². The first kappa shape index (κ1) is 23.9. The maximum atomic E-state index is 12.8. The number of benzene rings is 1. The van der Waals surface area contributed by atoms with Gasteiger partial charge in [0.1, 0.15) is 17.5 Å². The molecule has 0 amide bonds. The van der Waals surface area contributed by atoms with E-state index in [4.69, 9.17) is 14.2 Å². The summed E-state index contributed by atoms with van der Waals surface area (Å²) in [5.74, 6) is 1.34. The van der Waals surface area contributed by atoms with Gasteiger partial charge in [-0.2, -0.15) is 0 Å². The molecule has 1 heterocycles. The molecule has 1 saturated carbocycles. The number of nitrogens with one attached hydrogen (secondary N) is 1. The van der Waals surface area contributed by atoms with Gasteiger partial charge in [0, 0.05) is 24.9 Å². The number of carbonyl (C=O) groups excluding carboxylic acids is 1. The first-order valence-corrected chi connectivity index (χ1v) is 11.9. The van der Waals surface area contributed by atoms with E-state index >= 15 is 0 Å². The summed E-state index contributed by atoms with van der Waals surface area (Å²) < 4.78 is 18.9. The summed E-state index contributed by atoms with van der Waals surface area (Å²) in [6.07, 6.45) is 7.18. The summed E-state index contributed by atoms with van der Waals surface area (Å²) in [6.45, 7) is 10.8. The van der Waals surface area contributed by atoms with Crippen LogP contribution in [0.3, 0.4) is 0 Å². The smallest absolute Gasteiger partial charge is 0.306 e. The van der Waals surface area contributed by atoms with Crippen molar-refractivity contribution in [2.45, 2.75) is 97.4 Å². The van der Waals surface area contributed by atoms with Gasteiger partial charge in [0.05, 0.1) is 6.42 Å². The van der Waals surface area contributed by atoms with E-state index in [0.29, 0.717) is 13.0 Å². The lowest BCUT2D eigenvalue weighted by Crippen LogP contribution is -2.52. The van der Waals surface area contributed by atoms with Crippen molar-refractivity contribution < 1.29 is 19.0 Å². The Labute approximate surface area is 188 Å². The van der Waals surface area contributed by atoms with Crippen LogP contribution in [0.2, 0.25) is 0 Å². The van der Waals surface area contributed by atoms with Gasteiger partial charge in [0.2, 0.25) is 0 Å². The summed E-state index contributed by atoms with van der Waals surface area (Å²) >= 11 is 0. The Hall–Kier alpha value is -1.75. The summed E-state index contributed by atoms with van der Waals surface area (Å²) in [5, 5.41) is 3.19. The number of esters is 1. The third-order valence-corrected chi connectivity index (χ3v) is 6.42. The van der Waals surface area contributed by atoms with Crippen molar-refractivity contribution in [2.24, 2.45) is 11.3 Å². The van der Waals surface area contributed by atoms with E-state index in [0.717, 1.165) is 29.3 Å². The van der Waals surface area contributed by atoms with Crippen LogP contribution in [-0.2, 0) is 14.3 Å². The Balaban J connectivity index is 1.82. The molecule has 1 aliphatic heterocycles. The predicted molar refractivity (Wildman–Crippen MR) is 125 cm³/mol. The zero-order valence-corrected chi connectivity index (χ0v) is 20.3. The minimum absolute atomic E-state index is 0.134. The normalized spacial score (nSPS) is 23.5. The van der Waals surface area contributed by atoms with Crippen molar-refractivity contribution in [1.82, 2.24) is 0 Å². The minimum atomic E-state index is -0.683. The average molecular weight is 432 g/mol. The quantitative estimate of drug-likeness (QED) is 0.515. The molecular weight excluding hydrogens is 390 g/mol. The molecule has 0 spiro atoms. The van der Waals surface area contributed by atoms with Crippen LogP contribution in [0.4, 0.5) is 5.69 Å². The number of anilines is 1.